The quantitative estimate of drug-likeness (QED) is 0.230. The lowest BCUT2D eigenvalue weighted by atomic mass is 9.71. The Morgan fingerprint density at radius 2 is 1.91 bits per heavy atom. The van der Waals surface area contributed by atoms with Gasteiger partial charge >= 0.3 is 0 Å². The molecule has 2 aliphatic heterocycles. The van der Waals surface area contributed by atoms with Crippen molar-refractivity contribution in [1.82, 2.24) is 20.2 Å². The Kier molecular flexibility index (Phi) is 10.1. The Labute approximate surface area is 272 Å². The number of benzene rings is 1. The number of aliphatic hydroxyl groups is 1. The fourth-order valence-electron chi connectivity index (χ4n) is 7.46. The number of ketones is 2. The van der Waals surface area contributed by atoms with Crippen LogP contribution in [0.25, 0.3) is 10.3 Å². The minimum Gasteiger partial charge on any atom is -0.393 e. The van der Waals surface area contributed by atoms with Gasteiger partial charge in [0.1, 0.15) is 10.3 Å². The summed E-state index contributed by atoms with van der Waals surface area (Å²) >= 11 is 1.43. The Hall–Kier alpha value is -2.52. The van der Waals surface area contributed by atoms with Gasteiger partial charge in [-0.2, -0.15) is 0 Å². The fraction of sp³-hybridized carbons (Fsp3) is 0.622. The molecule has 2 saturated heterocycles. The maximum atomic E-state index is 13.9. The summed E-state index contributed by atoms with van der Waals surface area (Å²) in [5, 5.41) is 13.9. The molecule has 2 fully saturated rings. The van der Waals surface area contributed by atoms with E-state index in [1.165, 1.54) is 22.6 Å². The number of aryl methyl sites for hydroxylation is 1. The van der Waals surface area contributed by atoms with Gasteiger partial charge in [0.25, 0.3) is 0 Å². The molecule has 3 aliphatic rings. The smallest absolute Gasteiger partial charge is 0.192 e. The largest absolute Gasteiger partial charge is 0.393 e. The number of likely N-dealkylation sites (tertiary alicyclic amines) is 1. The van der Waals surface area contributed by atoms with E-state index in [2.05, 4.69) is 43.1 Å². The molecule has 3 atom stereocenters. The van der Waals surface area contributed by atoms with E-state index in [4.69, 9.17) is 9.97 Å². The predicted molar refractivity (Wildman–Crippen MR) is 181 cm³/mol. The molecule has 3 aromatic rings. The summed E-state index contributed by atoms with van der Waals surface area (Å²) in [6.07, 6.45) is 8.34. The summed E-state index contributed by atoms with van der Waals surface area (Å²) < 4.78 is 0. The van der Waals surface area contributed by atoms with Gasteiger partial charge in [0, 0.05) is 37.2 Å². The third kappa shape index (κ3) is 8.07. The van der Waals surface area contributed by atoms with Crippen molar-refractivity contribution < 1.29 is 14.7 Å². The highest BCUT2D eigenvalue weighted by Crippen LogP contribution is 2.38. The van der Waals surface area contributed by atoms with Crippen molar-refractivity contribution in [2.45, 2.75) is 97.0 Å². The number of pyridine rings is 1. The minimum atomic E-state index is -0.209. The summed E-state index contributed by atoms with van der Waals surface area (Å²) in [6.45, 7) is 11.6. The predicted octanol–water partition coefficient (Wildman–Crippen LogP) is 6.62. The first kappa shape index (κ1) is 32.4. The number of carbonyl (C=O) groups excluding carboxylic acids is 2. The summed E-state index contributed by atoms with van der Waals surface area (Å²) in [5.74, 6) is 1.42. The number of aromatic nitrogens is 2. The SMILES string of the molecule is CC(C)(C)[C@H]1CCc2nc3sc(C(=O)C[C@H](CCN4CCC(O)CC4)c4cccc(C(=O)CCC5CCNC5)c4)nc3cc2C1. The molecule has 1 aromatic carbocycles. The van der Waals surface area contributed by atoms with Gasteiger partial charge in [-0.05, 0) is 117 Å². The number of Topliss-reactive ketones (excluding diaryl/α,β-unsaturated/α-hetero) is 2. The van der Waals surface area contributed by atoms with Crippen molar-refractivity contribution in [3.63, 3.8) is 0 Å². The van der Waals surface area contributed by atoms with Gasteiger partial charge < -0.3 is 15.3 Å². The zero-order chi connectivity index (χ0) is 31.6. The van der Waals surface area contributed by atoms with E-state index in [0.717, 1.165) is 106 Å². The van der Waals surface area contributed by atoms with Gasteiger partial charge in [0.05, 0.1) is 6.10 Å². The standard InChI is InChI=1S/C37H50N4O3S/c1-37(2,3)29-8-9-31-28(20-29)21-32-35(39-31)45-36(40-32)34(44)22-26(12-16-41-17-13-30(42)14-18-41)25-5-4-6-27(19-25)33(43)10-7-24-11-15-38-23-24/h4-6,19,21,24,26,29-30,38,42H,7-18,20,22-23H2,1-3H3/t24?,26-,29-/m0/s1. The summed E-state index contributed by atoms with van der Waals surface area (Å²) in [7, 11) is 0. The summed E-state index contributed by atoms with van der Waals surface area (Å²) in [5.41, 5.74) is 5.35. The fourth-order valence-corrected chi connectivity index (χ4v) is 8.35. The van der Waals surface area contributed by atoms with Gasteiger partial charge in [-0.3, -0.25) is 9.59 Å². The Balaban J connectivity index is 1.19. The van der Waals surface area contributed by atoms with Crippen molar-refractivity contribution in [2.75, 3.05) is 32.7 Å². The second-order valence-electron chi connectivity index (χ2n) is 14.9. The van der Waals surface area contributed by atoms with Crippen LogP contribution < -0.4 is 5.32 Å². The summed E-state index contributed by atoms with van der Waals surface area (Å²) in [6, 6.07) is 10.2. The van der Waals surface area contributed by atoms with Gasteiger partial charge in [-0.25, -0.2) is 9.97 Å². The molecule has 2 aromatic heterocycles. The monoisotopic (exact) mass is 630 g/mol. The van der Waals surface area contributed by atoms with Crippen molar-refractivity contribution in [3.8, 4) is 0 Å². The molecule has 45 heavy (non-hydrogen) atoms. The number of piperidine rings is 1. The molecule has 7 nitrogen and oxygen atoms in total. The lowest BCUT2D eigenvalue weighted by molar-refractivity contribution is 0.0805. The van der Waals surface area contributed by atoms with Crippen LogP contribution in [0, 0.1) is 17.3 Å². The first-order valence-electron chi connectivity index (χ1n) is 17.2. The van der Waals surface area contributed by atoms with Crippen LogP contribution in [0.4, 0.5) is 0 Å². The zero-order valence-electron chi connectivity index (χ0n) is 27.3. The highest BCUT2D eigenvalue weighted by molar-refractivity contribution is 7.19. The first-order chi connectivity index (χ1) is 21.6. The third-order valence-corrected chi connectivity index (χ3v) is 11.6. The molecule has 8 heteroatoms. The Morgan fingerprint density at radius 1 is 1.09 bits per heavy atom. The number of nitrogens with one attached hydrogen (secondary N) is 1. The number of thiazole rings is 1. The zero-order valence-corrected chi connectivity index (χ0v) is 28.1. The van der Waals surface area contributed by atoms with E-state index >= 15 is 0 Å². The molecule has 4 heterocycles. The Morgan fingerprint density at radius 3 is 2.67 bits per heavy atom. The van der Waals surface area contributed by atoms with E-state index in [9.17, 15) is 14.7 Å². The van der Waals surface area contributed by atoms with Gasteiger partial charge in [-0.15, -0.1) is 0 Å². The Bertz CT molecular complexity index is 1500. The van der Waals surface area contributed by atoms with Crippen LogP contribution in [0.2, 0.25) is 0 Å². The molecule has 0 bridgehead atoms. The lowest BCUT2D eigenvalue weighted by Gasteiger charge is -2.34. The normalized spacial score (nSPS) is 22.0. The molecule has 2 N–H and O–H groups in total. The molecular formula is C37H50N4O3S. The number of nitrogens with zero attached hydrogens (tertiary/aromatic N) is 3. The minimum absolute atomic E-state index is 0.0168. The number of hydrogen-bond acceptors (Lipinski definition) is 8. The molecule has 0 spiro atoms. The summed E-state index contributed by atoms with van der Waals surface area (Å²) in [4.78, 5) is 40.1. The number of fused-ring (bicyclic) bond motifs is 2. The molecule has 0 amide bonds. The topological polar surface area (TPSA) is 95.4 Å². The first-order valence-corrected chi connectivity index (χ1v) is 18.0. The lowest BCUT2D eigenvalue weighted by Crippen LogP contribution is -2.36. The second-order valence-corrected chi connectivity index (χ2v) is 15.9. The van der Waals surface area contributed by atoms with E-state index < -0.39 is 0 Å². The number of hydrogen-bond donors (Lipinski definition) is 2. The van der Waals surface area contributed by atoms with Gasteiger partial charge in [0.2, 0.25) is 0 Å². The van der Waals surface area contributed by atoms with E-state index in [0.29, 0.717) is 29.7 Å². The highest BCUT2D eigenvalue weighted by atomic mass is 32.1. The average molecular weight is 631 g/mol. The molecule has 242 valence electrons. The van der Waals surface area contributed by atoms with E-state index in [-0.39, 0.29) is 29.0 Å². The van der Waals surface area contributed by atoms with Gasteiger partial charge in [-0.1, -0.05) is 50.3 Å². The highest BCUT2D eigenvalue weighted by Gasteiger charge is 2.30. The van der Waals surface area contributed by atoms with E-state index in [1.807, 2.05) is 18.2 Å². The maximum Gasteiger partial charge on any atom is 0.192 e. The van der Waals surface area contributed by atoms with Crippen molar-refractivity contribution in [1.29, 1.82) is 0 Å². The molecular weight excluding hydrogens is 580 g/mol. The van der Waals surface area contributed by atoms with Gasteiger partial charge in [0.15, 0.2) is 16.6 Å². The molecule has 0 saturated carbocycles. The van der Waals surface area contributed by atoms with Crippen LogP contribution >= 0.6 is 11.3 Å². The molecule has 0 radical (unpaired) electrons. The van der Waals surface area contributed by atoms with Crippen molar-refractivity contribution in [2.24, 2.45) is 17.3 Å². The maximum absolute atomic E-state index is 13.9. The van der Waals surface area contributed by atoms with Crippen LogP contribution in [0.1, 0.15) is 115 Å². The van der Waals surface area contributed by atoms with Crippen molar-refractivity contribution >= 4 is 33.3 Å². The van der Waals surface area contributed by atoms with Crippen LogP contribution in [0.3, 0.4) is 0 Å². The van der Waals surface area contributed by atoms with Crippen LogP contribution in [-0.2, 0) is 12.8 Å². The van der Waals surface area contributed by atoms with Crippen LogP contribution in [0.15, 0.2) is 30.3 Å². The number of rotatable bonds is 11. The third-order valence-electron chi connectivity index (χ3n) is 10.6. The molecule has 1 unspecified atom stereocenters. The average Bonchev–Trinajstić information content (AvgIpc) is 3.71. The van der Waals surface area contributed by atoms with Crippen LogP contribution in [0.5, 0.6) is 0 Å². The number of aliphatic hydroxyl groups excluding tert-OH is 1. The number of carbonyl (C=O) groups is 2. The molecule has 1 aliphatic carbocycles. The molecule has 6 rings (SSSR count). The van der Waals surface area contributed by atoms with Crippen molar-refractivity contribution in [3.05, 3.63) is 57.7 Å². The van der Waals surface area contributed by atoms with E-state index in [1.54, 1.807) is 0 Å². The van der Waals surface area contributed by atoms with Crippen LogP contribution in [-0.4, -0.2) is 70.4 Å². The second kappa shape index (κ2) is 14.1.